The molecule has 0 unspecified atom stereocenters. The molecule has 20 heteroatoms. The summed E-state index contributed by atoms with van der Waals surface area (Å²) in [5, 5.41) is 0. The minimum atomic E-state index is -0.433. The van der Waals surface area contributed by atoms with Crippen molar-refractivity contribution in [2.24, 2.45) is 0 Å². The number of para-hydroxylation sites is 4. The predicted molar refractivity (Wildman–Crippen MR) is 479 cm³/mol. The van der Waals surface area contributed by atoms with Crippen molar-refractivity contribution in [3.05, 3.63) is 213 Å². The molecule has 3 aromatic heterocycles. The smallest absolute Gasteiger partial charge is 0.231 e. The average Bonchev–Trinajstić information content (AvgIpc) is 0.870. The Hall–Kier alpha value is -12.8. The second kappa shape index (κ2) is 34.5. The Balaban J connectivity index is 0.947. The maximum atomic E-state index is 7.59. The van der Waals surface area contributed by atoms with Gasteiger partial charge in [-0.15, -0.1) is 0 Å². The van der Waals surface area contributed by atoms with Crippen molar-refractivity contribution in [3.63, 3.8) is 0 Å². The van der Waals surface area contributed by atoms with E-state index in [1.165, 1.54) is 0 Å². The molecule has 0 amide bonds. The highest BCUT2D eigenvalue weighted by Gasteiger charge is 2.44. The van der Waals surface area contributed by atoms with Gasteiger partial charge in [0.05, 0.1) is 22.8 Å². The summed E-state index contributed by atoms with van der Waals surface area (Å²) in [5.74, 6) is 6.29. The minimum absolute atomic E-state index is 0.0491. The van der Waals surface area contributed by atoms with Gasteiger partial charge < -0.3 is 85.8 Å². The molecule has 0 saturated carbocycles. The van der Waals surface area contributed by atoms with Gasteiger partial charge in [0.1, 0.15) is 75.9 Å². The van der Waals surface area contributed by atoms with Gasteiger partial charge in [0.15, 0.2) is 46.0 Å². The van der Waals surface area contributed by atoms with Crippen LogP contribution in [0.15, 0.2) is 146 Å². The van der Waals surface area contributed by atoms with E-state index in [0.29, 0.717) is 140 Å². The van der Waals surface area contributed by atoms with Crippen LogP contribution in [0.2, 0.25) is 0 Å². The maximum Gasteiger partial charge on any atom is 0.231 e. The zero-order valence-corrected chi connectivity index (χ0v) is 70.7. The molecule has 11 aliphatic rings. The van der Waals surface area contributed by atoms with Gasteiger partial charge in [-0.25, -0.2) is 9.97 Å². The second-order valence-corrected chi connectivity index (χ2v) is 33.3. The first-order valence-electron chi connectivity index (χ1n) is 44.8. The van der Waals surface area contributed by atoms with Gasteiger partial charge in [-0.1, -0.05) is 178 Å². The Labute approximate surface area is 721 Å². The summed E-state index contributed by atoms with van der Waals surface area (Å²) in [7, 11) is 0. The summed E-state index contributed by atoms with van der Waals surface area (Å²) in [6.07, 6.45) is 22.1. The monoisotopic (exact) mass is 1660 g/mol. The number of hydrogen-bond acceptors (Lipinski definition) is 18. The number of benzene rings is 8. The highest BCUT2D eigenvalue weighted by molar-refractivity contribution is 6.02. The number of rotatable bonds is 16. The molecule has 22 rings (SSSR count). The third kappa shape index (κ3) is 14.3. The Kier molecular flexibility index (Phi) is 21.8. The molecule has 634 valence electrons. The van der Waals surface area contributed by atoms with E-state index in [1.54, 1.807) is 0 Å². The molecular formula is C104H102N4O16. The van der Waals surface area contributed by atoms with Crippen molar-refractivity contribution >= 4 is 46.4 Å². The number of ether oxygens (including phenoxy) is 16. The van der Waals surface area contributed by atoms with Gasteiger partial charge in [-0.3, -0.25) is 0 Å². The van der Waals surface area contributed by atoms with E-state index in [1.807, 2.05) is 72.8 Å². The fourth-order valence-corrected chi connectivity index (χ4v) is 20.1. The van der Waals surface area contributed by atoms with Gasteiger partial charge >= 0.3 is 0 Å². The fraction of sp³-hybridized carbons (Fsp3) is 0.346. The summed E-state index contributed by atoms with van der Waals surface area (Å²) >= 11 is 0. The third-order valence-corrected chi connectivity index (χ3v) is 25.7. The van der Waals surface area contributed by atoms with Crippen LogP contribution in [0.3, 0.4) is 0 Å². The summed E-state index contributed by atoms with van der Waals surface area (Å²) in [5.41, 5.74) is 19.2. The number of fused-ring (bicyclic) bond motifs is 10. The number of H-pyrrole nitrogens is 2. The Morgan fingerprint density at radius 1 is 0.242 bits per heavy atom. The van der Waals surface area contributed by atoms with Gasteiger partial charge in [0.2, 0.25) is 50.2 Å². The SMILES string of the molecule is CCCCCC1c2cc3c4c5c2OCOc2c1cc1c6c2OCCOc2ccccc2-c2c7nc(c(c8ccc([nH]8)c8c9nc(c(c%10ccc2[nH]%10)-c2ccccc2OCCOc2c(c(cc%10c2OCOc2c(cc(c(c2OCCOc2ccccc2-8)OCO4)C3CCCCC)C%10CCCCC)C1CCCCC)OCO6)C=C9)-c1ccccc1OCCO5)C=C7. The van der Waals surface area contributed by atoms with Gasteiger partial charge in [-0.05, 0) is 123 Å². The number of aromatic amines is 2. The van der Waals surface area contributed by atoms with E-state index in [0.717, 1.165) is 188 Å². The van der Waals surface area contributed by atoms with Gasteiger partial charge in [0, 0.05) is 135 Å². The lowest BCUT2D eigenvalue weighted by Crippen LogP contribution is -2.25. The molecule has 0 fully saturated rings. The topological polar surface area (TPSA) is 205 Å². The molecule has 0 spiro atoms. The van der Waals surface area contributed by atoms with Gasteiger partial charge in [0.25, 0.3) is 0 Å². The lowest BCUT2D eigenvalue weighted by Gasteiger charge is -2.37. The summed E-state index contributed by atoms with van der Waals surface area (Å²) in [6.45, 7) is 8.48. The van der Waals surface area contributed by atoms with Crippen LogP contribution in [0, 0.1) is 0 Å². The molecule has 20 nitrogen and oxygen atoms in total. The first-order valence-corrected chi connectivity index (χ1v) is 44.8. The van der Waals surface area contributed by atoms with E-state index in [9.17, 15) is 0 Å². The zero-order valence-electron chi connectivity index (χ0n) is 70.7. The van der Waals surface area contributed by atoms with Crippen molar-refractivity contribution < 1.29 is 75.8 Å². The fourth-order valence-electron chi connectivity index (χ4n) is 20.1. The van der Waals surface area contributed by atoms with Crippen molar-refractivity contribution in [1.29, 1.82) is 0 Å². The summed E-state index contributed by atoms with van der Waals surface area (Å²) in [6, 6.07) is 50.7. The molecule has 0 atom stereocenters. The van der Waals surface area contributed by atoms with Crippen LogP contribution in [-0.2, 0) is 0 Å². The molecule has 0 aliphatic carbocycles. The lowest BCUT2D eigenvalue weighted by molar-refractivity contribution is 0.0796. The van der Waals surface area contributed by atoms with Crippen LogP contribution in [-0.4, -0.2) is 100.0 Å². The third-order valence-electron chi connectivity index (χ3n) is 25.7. The molecule has 2 N–H and O–H groups in total. The second-order valence-electron chi connectivity index (χ2n) is 33.3. The molecule has 11 aliphatic heterocycles. The summed E-state index contributed by atoms with van der Waals surface area (Å²) < 4.78 is 119. The first-order chi connectivity index (χ1) is 61.4. The molecule has 124 heavy (non-hydrogen) atoms. The standard InChI is InChI=1S/C104H102N4O16/c1-5-9-13-25-61-69-53-71-62(26-14-10-6-2)73-55-75-64(28-16-12-8-4)76-56-74-63(27-15-11-7-3)72-54-70(61)94-102-96(72)120-59-122-98(74)104-100(76)124-60-123-99(75)103-97(73)121-58-119-95(71)101(93(69)117-57-118-94)113-49-45-109-85-33-21-17-29-65(85)89-77-37-38-78(105-77)90(66-30-18-22-34-86(66)110-46-50-114-102)80-40-42-82(107-80)92(68-32-20-24-36-88(68)112-48-52-116-104)84-44-43-83(108-84)91(81-41-39-79(89)106-81)67-31-19-23-35-87(67)111-47-51-115-103/h17-24,29-44,53-56,61-64,105,108H,5-16,25-28,45-52,57-60H2,1-4H3. The zero-order chi connectivity index (χ0) is 83.1. The molecule has 14 heterocycles. The summed E-state index contributed by atoms with van der Waals surface area (Å²) in [4.78, 5) is 19.7. The lowest BCUT2D eigenvalue weighted by atomic mass is 9.75. The first kappa shape index (κ1) is 78.4. The number of nitrogens with zero attached hydrogens (tertiary/aromatic N) is 2. The largest absolute Gasteiger partial charge is 0.489 e. The molecule has 30 bridgehead atoms. The van der Waals surface area contributed by atoms with Crippen LogP contribution >= 0.6 is 0 Å². The van der Waals surface area contributed by atoms with Crippen molar-refractivity contribution in [2.75, 3.05) is 80.0 Å². The van der Waals surface area contributed by atoms with E-state index in [2.05, 4.69) is 135 Å². The van der Waals surface area contributed by atoms with Gasteiger partial charge in [-0.2, -0.15) is 0 Å². The van der Waals surface area contributed by atoms with E-state index < -0.39 is 23.7 Å². The van der Waals surface area contributed by atoms with E-state index in [4.69, 9.17) is 85.8 Å². The Bertz CT molecular complexity index is 5350. The molecule has 11 aromatic rings. The van der Waals surface area contributed by atoms with E-state index >= 15 is 0 Å². The van der Waals surface area contributed by atoms with Crippen molar-refractivity contribution in [3.8, 4) is 136 Å². The van der Waals surface area contributed by atoms with Crippen LogP contribution in [0.5, 0.6) is 92.0 Å². The molecule has 8 aromatic carbocycles. The minimum Gasteiger partial charge on any atom is -0.489 e. The van der Waals surface area contributed by atoms with Crippen LogP contribution < -0.4 is 75.8 Å². The van der Waals surface area contributed by atoms with Crippen molar-refractivity contribution in [2.45, 2.75) is 154 Å². The highest BCUT2D eigenvalue weighted by Crippen LogP contribution is 2.64. The number of unbranched alkanes of at least 4 members (excludes halogenated alkanes) is 8. The predicted octanol–water partition coefficient (Wildman–Crippen LogP) is 24.2. The Morgan fingerprint density at radius 2 is 0.452 bits per heavy atom. The quantitative estimate of drug-likeness (QED) is 0.0863. The van der Waals surface area contributed by atoms with Crippen LogP contribution in [0.4, 0.5) is 0 Å². The molecule has 0 radical (unpaired) electrons. The molecular weight excluding hydrogens is 1560 g/mol. The van der Waals surface area contributed by atoms with Crippen LogP contribution in [0.1, 0.15) is 221 Å². The number of hydrogen-bond donors (Lipinski definition) is 2. The normalized spacial score (nSPS) is 17.6. The number of aromatic nitrogens is 4. The number of nitrogens with one attached hydrogen (secondary N) is 2. The molecule has 0 saturated heterocycles. The maximum absolute atomic E-state index is 7.59. The van der Waals surface area contributed by atoms with E-state index in [-0.39, 0.29) is 80.0 Å². The highest BCUT2D eigenvalue weighted by atomic mass is 16.7. The van der Waals surface area contributed by atoms with Crippen molar-refractivity contribution in [1.82, 2.24) is 19.9 Å². The van der Waals surface area contributed by atoms with Crippen LogP contribution in [0.25, 0.3) is 90.9 Å². The average molecular weight is 1660 g/mol. The Morgan fingerprint density at radius 3 is 0.669 bits per heavy atom.